The molecule has 0 aliphatic rings. The highest BCUT2D eigenvalue weighted by Gasteiger charge is 2.12. The van der Waals surface area contributed by atoms with E-state index < -0.39 is 0 Å². The zero-order valence-corrected chi connectivity index (χ0v) is 9.34. The highest BCUT2D eigenvalue weighted by Crippen LogP contribution is 2.01. The van der Waals surface area contributed by atoms with E-state index in [1.54, 1.807) is 0 Å². The van der Waals surface area contributed by atoms with Crippen molar-refractivity contribution in [1.29, 1.82) is 0 Å². The first-order valence-corrected chi connectivity index (χ1v) is 5.54. The third-order valence-electron chi connectivity index (χ3n) is 2.00. The smallest absolute Gasteiger partial charge is 0.156 e. The van der Waals surface area contributed by atoms with Crippen molar-refractivity contribution in [2.45, 2.75) is 19.9 Å². The van der Waals surface area contributed by atoms with Gasteiger partial charge in [-0.1, -0.05) is 12.1 Å². The summed E-state index contributed by atoms with van der Waals surface area (Å²) in [5.41, 5.74) is 5.47. The predicted octanol–water partition coefficient (Wildman–Crippen LogP) is 0.806. The topological polar surface area (TPSA) is 61.8 Å². The Morgan fingerprint density at radius 3 is 2.77 bits per heavy atom. The van der Waals surface area contributed by atoms with Gasteiger partial charge in [-0.2, -0.15) is 11.8 Å². The van der Waals surface area contributed by atoms with Gasteiger partial charge in [-0.15, -0.1) is 0 Å². The lowest BCUT2D eigenvalue weighted by Crippen LogP contribution is -2.41. The molecule has 0 aromatic heterocycles. The number of hydrogen-bond acceptors (Lipinski definition) is 4. The lowest BCUT2D eigenvalue weighted by atomic mass is 10.3. The van der Waals surface area contributed by atoms with Gasteiger partial charge in [0.1, 0.15) is 0 Å². The first kappa shape index (κ1) is 12.6. The summed E-state index contributed by atoms with van der Waals surface area (Å²) in [5.74, 6) is 2.48. The Kier molecular flexibility index (Phi) is 6.80. The second-order valence-electron chi connectivity index (χ2n) is 2.88. The monoisotopic (exact) mass is 205 g/mol. The fraction of sp³-hybridized carbons (Fsp3) is 0.875. The van der Waals surface area contributed by atoms with Crippen molar-refractivity contribution < 1.29 is 5.21 Å². The fourth-order valence-electron chi connectivity index (χ4n) is 0.856. The van der Waals surface area contributed by atoms with Crippen molar-refractivity contribution in [3.63, 3.8) is 0 Å². The number of thioether (sulfide) groups is 1. The van der Waals surface area contributed by atoms with Crippen molar-refractivity contribution in [3.8, 4) is 0 Å². The SMILES string of the molecule is CCSCCN(C)C(C)C(N)=NO. The lowest BCUT2D eigenvalue weighted by molar-refractivity contribution is 0.292. The van der Waals surface area contributed by atoms with Crippen LogP contribution in [0.3, 0.4) is 0 Å². The third kappa shape index (κ3) is 5.00. The van der Waals surface area contributed by atoms with Gasteiger partial charge >= 0.3 is 0 Å². The molecule has 0 aromatic rings. The standard InChI is InChI=1S/C8H19N3OS/c1-4-13-6-5-11(3)7(2)8(9)10-12/h7,12H,4-6H2,1-3H3,(H2,9,10). The Bertz CT molecular complexity index is 163. The van der Waals surface area contributed by atoms with Gasteiger partial charge in [-0.25, -0.2) is 0 Å². The molecule has 0 saturated carbocycles. The first-order valence-electron chi connectivity index (χ1n) is 4.38. The summed E-state index contributed by atoms with van der Waals surface area (Å²) < 4.78 is 0. The van der Waals surface area contributed by atoms with E-state index in [-0.39, 0.29) is 11.9 Å². The minimum absolute atomic E-state index is 0.00227. The van der Waals surface area contributed by atoms with Crippen molar-refractivity contribution in [2.75, 3.05) is 25.1 Å². The summed E-state index contributed by atoms with van der Waals surface area (Å²) in [6.07, 6.45) is 0. The quantitative estimate of drug-likeness (QED) is 0.221. The Morgan fingerprint density at radius 1 is 1.69 bits per heavy atom. The van der Waals surface area contributed by atoms with Crippen LogP contribution in [-0.2, 0) is 0 Å². The molecule has 1 atom stereocenters. The molecule has 3 N–H and O–H groups in total. The van der Waals surface area contributed by atoms with Crippen LogP contribution in [0.2, 0.25) is 0 Å². The molecule has 0 heterocycles. The third-order valence-corrected chi connectivity index (χ3v) is 2.88. The second kappa shape index (κ2) is 7.03. The molecular weight excluding hydrogens is 186 g/mol. The van der Waals surface area contributed by atoms with E-state index >= 15 is 0 Å². The predicted molar refractivity (Wildman–Crippen MR) is 58.5 cm³/mol. The lowest BCUT2D eigenvalue weighted by Gasteiger charge is -2.22. The molecular formula is C8H19N3OS. The summed E-state index contributed by atoms with van der Waals surface area (Å²) in [5, 5.41) is 11.4. The minimum Gasteiger partial charge on any atom is -0.409 e. The van der Waals surface area contributed by atoms with Crippen LogP contribution in [0.15, 0.2) is 5.16 Å². The number of nitrogens with zero attached hydrogens (tertiary/aromatic N) is 2. The maximum absolute atomic E-state index is 8.46. The van der Waals surface area contributed by atoms with Gasteiger partial charge in [0.05, 0.1) is 6.04 Å². The van der Waals surface area contributed by atoms with E-state index in [4.69, 9.17) is 10.9 Å². The van der Waals surface area contributed by atoms with Gasteiger partial charge < -0.3 is 10.9 Å². The highest BCUT2D eigenvalue weighted by atomic mass is 32.2. The molecule has 13 heavy (non-hydrogen) atoms. The normalized spacial score (nSPS) is 14.9. The molecule has 0 fully saturated rings. The van der Waals surface area contributed by atoms with Gasteiger partial charge in [-0.05, 0) is 19.7 Å². The molecule has 0 aliphatic carbocycles. The fourth-order valence-corrected chi connectivity index (χ4v) is 1.56. The van der Waals surface area contributed by atoms with Crippen molar-refractivity contribution >= 4 is 17.6 Å². The Labute approximate surface area is 84.2 Å². The summed E-state index contributed by atoms with van der Waals surface area (Å²) in [6, 6.07) is 0.00227. The van der Waals surface area contributed by atoms with Gasteiger partial charge in [-0.3, -0.25) is 4.90 Å². The number of amidine groups is 1. The molecule has 78 valence electrons. The van der Waals surface area contributed by atoms with Crippen LogP contribution in [-0.4, -0.2) is 47.1 Å². The number of rotatable bonds is 6. The largest absolute Gasteiger partial charge is 0.409 e. The summed E-state index contributed by atoms with van der Waals surface area (Å²) >= 11 is 1.89. The van der Waals surface area contributed by atoms with Crippen LogP contribution in [0.25, 0.3) is 0 Å². The minimum atomic E-state index is 0.00227. The first-order chi connectivity index (χ1) is 6.13. The average molecular weight is 205 g/mol. The van der Waals surface area contributed by atoms with Crippen molar-refractivity contribution in [2.24, 2.45) is 10.9 Å². The van der Waals surface area contributed by atoms with Gasteiger partial charge in [0.25, 0.3) is 0 Å². The summed E-state index contributed by atoms with van der Waals surface area (Å²) in [4.78, 5) is 2.07. The number of hydrogen-bond donors (Lipinski definition) is 2. The Balaban J connectivity index is 3.75. The molecule has 1 unspecified atom stereocenters. The summed E-state index contributed by atoms with van der Waals surface area (Å²) in [7, 11) is 1.97. The van der Waals surface area contributed by atoms with Crippen LogP contribution in [0.1, 0.15) is 13.8 Å². The van der Waals surface area contributed by atoms with Crippen molar-refractivity contribution in [3.05, 3.63) is 0 Å². The van der Waals surface area contributed by atoms with Crippen LogP contribution in [0.4, 0.5) is 0 Å². The second-order valence-corrected chi connectivity index (χ2v) is 4.27. The summed E-state index contributed by atoms with van der Waals surface area (Å²) in [6.45, 7) is 5.01. The average Bonchev–Trinajstić information content (AvgIpc) is 2.15. The van der Waals surface area contributed by atoms with Gasteiger partial charge in [0.2, 0.25) is 0 Å². The van der Waals surface area contributed by atoms with E-state index in [2.05, 4.69) is 17.0 Å². The Morgan fingerprint density at radius 2 is 2.31 bits per heavy atom. The molecule has 0 radical (unpaired) electrons. The zero-order valence-electron chi connectivity index (χ0n) is 8.53. The van der Waals surface area contributed by atoms with Crippen LogP contribution >= 0.6 is 11.8 Å². The number of nitrogens with two attached hydrogens (primary N) is 1. The van der Waals surface area contributed by atoms with E-state index in [0.717, 1.165) is 18.1 Å². The molecule has 0 rings (SSSR count). The molecule has 0 aliphatic heterocycles. The van der Waals surface area contributed by atoms with Crippen molar-refractivity contribution in [1.82, 2.24) is 4.90 Å². The van der Waals surface area contributed by atoms with Crippen LogP contribution in [0, 0.1) is 0 Å². The van der Waals surface area contributed by atoms with E-state index in [0.29, 0.717) is 0 Å². The van der Waals surface area contributed by atoms with E-state index in [9.17, 15) is 0 Å². The van der Waals surface area contributed by atoms with Crippen LogP contribution < -0.4 is 5.73 Å². The number of likely N-dealkylation sites (N-methyl/N-ethyl adjacent to an activating group) is 1. The molecule has 0 bridgehead atoms. The molecule has 0 aromatic carbocycles. The molecule has 4 nitrogen and oxygen atoms in total. The maximum Gasteiger partial charge on any atom is 0.156 e. The highest BCUT2D eigenvalue weighted by molar-refractivity contribution is 7.99. The van der Waals surface area contributed by atoms with E-state index in [1.165, 1.54) is 0 Å². The van der Waals surface area contributed by atoms with Crippen LogP contribution in [0.5, 0.6) is 0 Å². The zero-order chi connectivity index (χ0) is 10.3. The molecule has 0 saturated heterocycles. The molecule has 0 amide bonds. The van der Waals surface area contributed by atoms with E-state index in [1.807, 2.05) is 25.7 Å². The molecule has 5 heteroatoms. The Hall–Kier alpha value is -0.420. The molecule has 0 spiro atoms. The van der Waals surface area contributed by atoms with Gasteiger partial charge in [0, 0.05) is 12.3 Å². The van der Waals surface area contributed by atoms with Gasteiger partial charge in [0.15, 0.2) is 5.84 Å². The number of oxime groups is 1. The maximum atomic E-state index is 8.46.